The molecule has 1 fully saturated rings. The summed E-state index contributed by atoms with van der Waals surface area (Å²) in [7, 11) is 4.10. The summed E-state index contributed by atoms with van der Waals surface area (Å²) in [4.78, 5) is 20.9. The lowest BCUT2D eigenvalue weighted by Gasteiger charge is -2.29. The Balaban J connectivity index is 1.50. The van der Waals surface area contributed by atoms with Crippen molar-refractivity contribution in [2.24, 2.45) is 5.92 Å². The van der Waals surface area contributed by atoms with Crippen LogP contribution in [0.5, 0.6) is 0 Å². The zero-order valence-corrected chi connectivity index (χ0v) is 12.5. The van der Waals surface area contributed by atoms with E-state index in [0.717, 1.165) is 38.5 Å². The van der Waals surface area contributed by atoms with Gasteiger partial charge in [-0.25, -0.2) is 4.98 Å². The Morgan fingerprint density at radius 2 is 2.15 bits per heavy atom. The fourth-order valence-corrected chi connectivity index (χ4v) is 3.00. The van der Waals surface area contributed by atoms with E-state index >= 15 is 0 Å². The lowest BCUT2D eigenvalue weighted by molar-refractivity contribution is -0.135. The molecule has 1 aliphatic carbocycles. The first-order chi connectivity index (χ1) is 9.65. The normalized spacial score (nSPS) is 21.9. The quantitative estimate of drug-likeness (QED) is 0.805. The van der Waals surface area contributed by atoms with Crippen LogP contribution in [0.2, 0.25) is 0 Å². The van der Waals surface area contributed by atoms with Gasteiger partial charge in [-0.3, -0.25) is 4.79 Å². The van der Waals surface area contributed by atoms with Gasteiger partial charge in [0.15, 0.2) is 0 Å². The zero-order chi connectivity index (χ0) is 14.1. The molecule has 1 amide bonds. The average Bonchev–Trinajstić information content (AvgIpc) is 3.21. The van der Waals surface area contributed by atoms with E-state index in [1.54, 1.807) is 0 Å². The van der Waals surface area contributed by atoms with Gasteiger partial charge in [-0.05, 0) is 32.7 Å². The molecule has 0 aromatic carbocycles. The number of rotatable bonds is 5. The molecule has 20 heavy (non-hydrogen) atoms. The molecule has 2 heterocycles. The topological polar surface area (TPSA) is 41.4 Å². The smallest absolute Gasteiger partial charge is 0.227 e. The lowest BCUT2D eigenvalue weighted by atomic mass is 9.97. The van der Waals surface area contributed by atoms with Crippen molar-refractivity contribution >= 4 is 5.91 Å². The van der Waals surface area contributed by atoms with Crippen LogP contribution in [0, 0.1) is 5.92 Å². The van der Waals surface area contributed by atoms with Crippen LogP contribution in [-0.2, 0) is 17.8 Å². The van der Waals surface area contributed by atoms with E-state index in [2.05, 4.69) is 21.5 Å². The summed E-state index contributed by atoms with van der Waals surface area (Å²) in [6, 6.07) is 0.765. The molecule has 1 aromatic heterocycles. The van der Waals surface area contributed by atoms with Gasteiger partial charge in [0.25, 0.3) is 0 Å². The fraction of sp³-hybridized carbons (Fsp3) is 0.733. The molecule has 1 aliphatic heterocycles. The molecular formula is C15H24N4O. The first-order valence-corrected chi connectivity index (χ1v) is 7.59. The molecule has 0 radical (unpaired) electrons. The number of nitrogens with zero attached hydrogens (tertiary/aromatic N) is 4. The predicted octanol–water partition coefficient (Wildman–Crippen LogP) is 0.998. The Morgan fingerprint density at radius 1 is 1.35 bits per heavy atom. The van der Waals surface area contributed by atoms with Gasteiger partial charge in [-0.2, -0.15) is 0 Å². The number of carbonyl (C=O) groups excluding carboxylic acids is 1. The summed E-state index contributed by atoms with van der Waals surface area (Å²) in [5.74, 6) is 0.404. The second kappa shape index (κ2) is 5.56. The van der Waals surface area contributed by atoms with Crippen molar-refractivity contribution in [3.05, 3.63) is 18.2 Å². The third kappa shape index (κ3) is 2.87. The molecule has 1 atom stereocenters. The van der Waals surface area contributed by atoms with Gasteiger partial charge in [0, 0.05) is 44.6 Å². The molecule has 2 aliphatic rings. The van der Waals surface area contributed by atoms with Gasteiger partial charge in [0.2, 0.25) is 5.91 Å². The molecule has 0 spiro atoms. The molecule has 1 unspecified atom stereocenters. The number of fused-ring (bicyclic) bond motifs is 1. The largest absolute Gasteiger partial charge is 0.344 e. The number of hydrogen-bond acceptors (Lipinski definition) is 3. The summed E-state index contributed by atoms with van der Waals surface area (Å²) >= 11 is 0. The number of aryl methyl sites for hydroxylation is 1. The SMILES string of the molecule is CN(CCN(C)C1CC1)C(=O)C1CCc2cncn2C1. The minimum absolute atomic E-state index is 0.118. The van der Waals surface area contributed by atoms with Gasteiger partial charge >= 0.3 is 0 Å². The highest BCUT2D eigenvalue weighted by atomic mass is 16.2. The molecule has 5 heteroatoms. The van der Waals surface area contributed by atoms with Crippen LogP contribution >= 0.6 is 0 Å². The van der Waals surface area contributed by atoms with Crippen LogP contribution in [0.4, 0.5) is 0 Å². The van der Waals surface area contributed by atoms with Crippen LogP contribution in [0.1, 0.15) is 25.0 Å². The van der Waals surface area contributed by atoms with Gasteiger partial charge in [0.05, 0.1) is 12.2 Å². The Labute approximate surface area is 120 Å². The summed E-state index contributed by atoms with van der Waals surface area (Å²) in [6.45, 7) is 2.60. The fourth-order valence-electron chi connectivity index (χ4n) is 3.00. The molecular weight excluding hydrogens is 252 g/mol. The van der Waals surface area contributed by atoms with Gasteiger partial charge < -0.3 is 14.4 Å². The molecule has 0 saturated heterocycles. The standard InChI is InChI=1S/C15H24N4O/c1-17(13-5-6-13)7-8-18(2)15(20)12-3-4-14-9-16-11-19(14)10-12/h9,11-13H,3-8,10H2,1-2H3. The summed E-state index contributed by atoms with van der Waals surface area (Å²) in [6.07, 6.45) is 8.31. The van der Waals surface area contributed by atoms with Gasteiger partial charge in [-0.1, -0.05) is 0 Å². The molecule has 1 saturated carbocycles. The summed E-state index contributed by atoms with van der Waals surface area (Å²) < 4.78 is 2.12. The monoisotopic (exact) mass is 276 g/mol. The maximum atomic E-state index is 12.5. The molecule has 0 N–H and O–H groups in total. The zero-order valence-electron chi connectivity index (χ0n) is 12.5. The Bertz CT molecular complexity index is 480. The highest BCUT2D eigenvalue weighted by Crippen LogP contribution is 2.25. The second-order valence-corrected chi connectivity index (χ2v) is 6.24. The van der Waals surface area contributed by atoms with Crippen molar-refractivity contribution in [1.82, 2.24) is 19.4 Å². The number of hydrogen-bond donors (Lipinski definition) is 0. The number of amides is 1. The van der Waals surface area contributed by atoms with E-state index in [-0.39, 0.29) is 11.8 Å². The van der Waals surface area contributed by atoms with E-state index in [1.165, 1.54) is 18.5 Å². The van der Waals surface area contributed by atoms with Crippen molar-refractivity contribution in [2.45, 2.75) is 38.3 Å². The van der Waals surface area contributed by atoms with Crippen molar-refractivity contribution in [3.8, 4) is 0 Å². The lowest BCUT2D eigenvalue weighted by Crippen LogP contribution is -2.41. The second-order valence-electron chi connectivity index (χ2n) is 6.24. The molecule has 5 nitrogen and oxygen atoms in total. The van der Waals surface area contributed by atoms with Crippen LogP contribution in [0.15, 0.2) is 12.5 Å². The highest BCUT2D eigenvalue weighted by Gasteiger charge is 2.29. The number of imidazole rings is 1. The van der Waals surface area contributed by atoms with Crippen molar-refractivity contribution < 1.29 is 4.79 Å². The minimum Gasteiger partial charge on any atom is -0.344 e. The molecule has 1 aromatic rings. The van der Waals surface area contributed by atoms with Crippen molar-refractivity contribution in [3.63, 3.8) is 0 Å². The van der Waals surface area contributed by atoms with Crippen LogP contribution in [0.25, 0.3) is 0 Å². The number of likely N-dealkylation sites (N-methyl/N-ethyl adjacent to an activating group) is 2. The van der Waals surface area contributed by atoms with E-state index in [9.17, 15) is 4.79 Å². The van der Waals surface area contributed by atoms with Crippen molar-refractivity contribution in [1.29, 1.82) is 0 Å². The highest BCUT2D eigenvalue weighted by molar-refractivity contribution is 5.78. The molecule has 110 valence electrons. The Kier molecular flexibility index (Phi) is 3.78. The summed E-state index contributed by atoms with van der Waals surface area (Å²) in [5.41, 5.74) is 1.25. The third-order valence-corrected chi connectivity index (χ3v) is 4.65. The maximum Gasteiger partial charge on any atom is 0.227 e. The minimum atomic E-state index is 0.118. The Hall–Kier alpha value is -1.36. The van der Waals surface area contributed by atoms with Gasteiger partial charge in [0.1, 0.15) is 0 Å². The first kappa shape index (κ1) is 13.6. The number of aromatic nitrogens is 2. The maximum absolute atomic E-state index is 12.5. The molecule has 3 rings (SSSR count). The average molecular weight is 276 g/mol. The van der Waals surface area contributed by atoms with E-state index in [0.29, 0.717) is 0 Å². The molecule has 0 bridgehead atoms. The van der Waals surface area contributed by atoms with Crippen molar-refractivity contribution in [2.75, 3.05) is 27.2 Å². The first-order valence-electron chi connectivity index (χ1n) is 7.59. The number of carbonyl (C=O) groups is 1. The van der Waals surface area contributed by atoms with E-state index in [1.807, 2.05) is 24.5 Å². The van der Waals surface area contributed by atoms with Gasteiger partial charge in [-0.15, -0.1) is 0 Å². The van der Waals surface area contributed by atoms with E-state index < -0.39 is 0 Å². The van der Waals surface area contributed by atoms with Crippen LogP contribution < -0.4 is 0 Å². The Morgan fingerprint density at radius 3 is 2.90 bits per heavy atom. The predicted molar refractivity (Wildman–Crippen MR) is 77.3 cm³/mol. The van der Waals surface area contributed by atoms with Crippen LogP contribution in [-0.4, -0.2) is 58.5 Å². The van der Waals surface area contributed by atoms with Crippen LogP contribution in [0.3, 0.4) is 0 Å². The third-order valence-electron chi connectivity index (χ3n) is 4.65. The summed E-state index contributed by atoms with van der Waals surface area (Å²) in [5, 5.41) is 0. The van der Waals surface area contributed by atoms with E-state index in [4.69, 9.17) is 0 Å².